The van der Waals surface area contributed by atoms with Crippen LogP contribution in [-0.4, -0.2) is 19.1 Å². The first kappa shape index (κ1) is 37.0. The summed E-state index contributed by atoms with van der Waals surface area (Å²) in [7, 11) is 0. The highest BCUT2D eigenvalue weighted by Crippen LogP contribution is 2.43. The second-order valence-electron chi connectivity index (χ2n) is 16.1. The van der Waals surface area contributed by atoms with Crippen LogP contribution in [0.4, 0.5) is 0 Å². The van der Waals surface area contributed by atoms with Gasteiger partial charge in [-0.15, -0.1) is 0 Å². The fraction of sp³-hybridized carbons (Fsp3) is 0. The molecular formula is C59H37N5. The molecule has 0 amide bonds. The maximum Gasteiger partial charge on any atom is 0.160 e. The van der Waals surface area contributed by atoms with Gasteiger partial charge in [-0.3, -0.25) is 0 Å². The van der Waals surface area contributed by atoms with Crippen molar-refractivity contribution < 1.29 is 0 Å². The molecule has 3 heterocycles. The number of nitriles is 1. The van der Waals surface area contributed by atoms with Crippen LogP contribution >= 0.6 is 0 Å². The van der Waals surface area contributed by atoms with Crippen LogP contribution in [0.1, 0.15) is 5.56 Å². The Labute approximate surface area is 370 Å². The van der Waals surface area contributed by atoms with Crippen molar-refractivity contribution in [3.8, 4) is 73.6 Å². The van der Waals surface area contributed by atoms with Crippen molar-refractivity contribution in [2.24, 2.45) is 0 Å². The van der Waals surface area contributed by atoms with Crippen molar-refractivity contribution >= 4 is 43.6 Å². The Morgan fingerprint density at radius 3 is 1.41 bits per heavy atom. The average molecular weight is 816 g/mol. The predicted octanol–water partition coefficient (Wildman–Crippen LogP) is 14.9. The van der Waals surface area contributed by atoms with Crippen LogP contribution in [0.25, 0.3) is 111 Å². The largest absolute Gasteiger partial charge is 0.309 e. The zero-order valence-corrected chi connectivity index (χ0v) is 34.6. The monoisotopic (exact) mass is 815 g/mol. The minimum atomic E-state index is 0.644. The highest BCUT2D eigenvalue weighted by atomic mass is 15.0. The summed E-state index contributed by atoms with van der Waals surface area (Å²) in [5, 5.41) is 14.7. The summed E-state index contributed by atoms with van der Waals surface area (Å²) in [5.41, 5.74) is 15.9. The van der Waals surface area contributed by atoms with Gasteiger partial charge in [0, 0.05) is 49.4 Å². The molecule has 0 fully saturated rings. The van der Waals surface area contributed by atoms with Crippen LogP contribution in [-0.2, 0) is 0 Å². The topological polar surface area (TPSA) is 59.4 Å². The van der Waals surface area contributed by atoms with E-state index in [1.807, 2.05) is 36.4 Å². The standard InChI is InChI=1S/C59H37N5/c60-38-43-21-7-8-22-44(43)41-31-33-57-49(35-41)47-25-11-16-30-56(47)64(57)58-34-32-42(59-61-51(39-17-3-1-4-18-39)37-52(62-59)40-19-5-2-6-20-40)36-50(58)48-26-12-15-29-55(48)63-53-27-13-9-23-45(53)46-24-10-14-28-54(46)63/h1-37H. The van der Waals surface area contributed by atoms with Crippen LogP contribution in [0.5, 0.6) is 0 Å². The number of rotatable bonds is 7. The lowest BCUT2D eigenvalue weighted by Gasteiger charge is -2.20. The zero-order valence-electron chi connectivity index (χ0n) is 34.6. The SMILES string of the molecule is N#Cc1ccccc1-c1ccc2c(c1)c1ccccc1n2-c1ccc(-c2nc(-c3ccccc3)cc(-c3ccccc3)n2)cc1-c1ccccc1-n1c2ccccc2c2ccccc21. The van der Waals surface area contributed by atoms with E-state index in [1.54, 1.807) is 0 Å². The van der Waals surface area contributed by atoms with Gasteiger partial charge in [0.2, 0.25) is 0 Å². The number of fused-ring (bicyclic) bond motifs is 6. The maximum absolute atomic E-state index is 10.1. The van der Waals surface area contributed by atoms with Gasteiger partial charge in [-0.2, -0.15) is 5.26 Å². The molecule has 5 nitrogen and oxygen atoms in total. The lowest BCUT2D eigenvalue weighted by atomic mass is 9.97. The number of hydrogen-bond acceptors (Lipinski definition) is 3. The molecule has 0 saturated heterocycles. The normalized spacial score (nSPS) is 11.4. The minimum Gasteiger partial charge on any atom is -0.309 e. The third kappa shape index (κ3) is 6.08. The van der Waals surface area contributed by atoms with E-state index in [2.05, 4.69) is 203 Å². The number of aromatic nitrogens is 4. The summed E-state index contributed by atoms with van der Waals surface area (Å²) >= 11 is 0. The van der Waals surface area contributed by atoms with Crippen molar-refractivity contribution in [1.29, 1.82) is 5.26 Å². The summed E-state index contributed by atoms with van der Waals surface area (Å²) in [6, 6.07) is 80.9. The second-order valence-corrected chi connectivity index (χ2v) is 16.1. The first-order chi connectivity index (χ1) is 31.7. The smallest absolute Gasteiger partial charge is 0.160 e. The quantitative estimate of drug-likeness (QED) is 0.161. The molecule has 0 N–H and O–H groups in total. The molecule has 5 heteroatoms. The molecule has 0 atom stereocenters. The predicted molar refractivity (Wildman–Crippen MR) is 263 cm³/mol. The molecule has 9 aromatic carbocycles. The summed E-state index contributed by atoms with van der Waals surface area (Å²) in [5.74, 6) is 0.644. The van der Waals surface area contributed by atoms with Gasteiger partial charge in [-0.25, -0.2) is 9.97 Å². The summed E-state index contributed by atoms with van der Waals surface area (Å²) in [6.07, 6.45) is 0. The van der Waals surface area contributed by atoms with Crippen LogP contribution in [0, 0.1) is 11.3 Å². The van der Waals surface area contributed by atoms with Gasteiger partial charge in [-0.1, -0.05) is 158 Å². The molecule has 64 heavy (non-hydrogen) atoms. The van der Waals surface area contributed by atoms with Crippen molar-refractivity contribution in [1.82, 2.24) is 19.1 Å². The highest BCUT2D eigenvalue weighted by molar-refractivity contribution is 6.12. The summed E-state index contributed by atoms with van der Waals surface area (Å²) < 4.78 is 4.80. The Morgan fingerprint density at radius 2 is 0.797 bits per heavy atom. The van der Waals surface area contributed by atoms with Gasteiger partial charge in [0.25, 0.3) is 0 Å². The van der Waals surface area contributed by atoms with E-state index in [1.165, 1.54) is 10.8 Å². The van der Waals surface area contributed by atoms with E-state index in [0.29, 0.717) is 11.4 Å². The molecule has 0 aliphatic heterocycles. The summed E-state index contributed by atoms with van der Waals surface area (Å²) in [4.78, 5) is 10.6. The van der Waals surface area contributed by atoms with E-state index >= 15 is 0 Å². The summed E-state index contributed by atoms with van der Waals surface area (Å²) in [6.45, 7) is 0. The molecule has 0 unspecified atom stereocenters. The van der Waals surface area contributed by atoms with Crippen molar-refractivity contribution in [2.75, 3.05) is 0 Å². The third-order valence-corrected chi connectivity index (χ3v) is 12.4. The number of nitrogens with zero attached hydrogens (tertiary/aromatic N) is 5. The Morgan fingerprint density at radius 1 is 0.328 bits per heavy atom. The first-order valence-corrected chi connectivity index (χ1v) is 21.5. The molecule has 0 radical (unpaired) electrons. The zero-order chi connectivity index (χ0) is 42.6. The number of para-hydroxylation sites is 4. The van der Waals surface area contributed by atoms with Crippen LogP contribution in [0.15, 0.2) is 224 Å². The molecule has 0 bridgehead atoms. The molecule has 0 spiro atoms. The lowest BCUT2D eigenvalue weighted by Crippen LogP contribution is -2.02. The van der Waals surface area contributed by atoms with Crippen molar-refractivity contribution in [2.45, 2.75) is 0 Å². The Kier molecular flexibility index (Phi) is 8.81. The lowest BCUT2D eigenvalue weighted by molar-refractivity contribution is 1.15. The molecule has 0 aliphatic rings. The average Bonchev–Trinajstić information content (AvgIpc) is 3.89. The Bertz CT molecular complexity index is 3690. The minimum absolute atomic E-state index is 0.644. The molecule has 0 aliphatic carbocycles. The van der Waals surface area contributed by atoms with Gasteiger partial charge < -0.3 is 9.13 Å². The van der Waals surface area contributed by atoms with Crippen molar-refractivity contribution in [3.05, 3.63) is 230 Å². The van der Waals surface area contributed by atoms with Crippen LogP contribution in [0.3, 0.4) is 0 Å². The van der Waals surface area contributed by atoms with Gasteiger partial charge in [0.15, 0.2) is 5.82 Å². The maximum atomic E-state index is 10.1. The van der Waals surface area contributed by atoms with Gasteiger partial charge in [-0.05, 0) is 77.9 Å². The molecule has 12 rings (SSSR count). The van der Waals surface area contributed by atoms with Gasteiger partial charge in [0.05, 0.1) is 56.5 Å². The molecule has 12 aromatic rings. The van der Waals surface area contributed by atoms with E-state index in [4.69, 9.17) is 9.97 Å². The Hall–Kier alpha value is -8.85. The van der Waals surface area contributed by atoms with E-state index in [0.717, 1.165) is 94.5 Å². The molecule has 298 valence electrons. The van der Waals surface area contributed by atoms with Gasteiger partial charge >= 0.3 is 0 Å². The van der Waals surface area contributed by atoms with E-state index in [-0.39, 0.29) is 0 Å². The molecule has 3 aromatic heterocycles. The van der Waals surface area contributed by atoms with Crippen LogP contribution in [0.2, 0.25) is 0 Å². The number of hydrogen-bond donors (Lipinski definition) is 0. The Balaban J connectivity index is 1.15. The highest BCUT2D eigenvalue weighted by Gasteiger charge is 2.22. The number of benzene rings is 9. The fourth-order valence-electron chi connectivity index (χ4n) is 9.49. The fourth-order valence-corrected chi connectivity index (χ4v) is 9.49. The second kappa shape index (κ2) is 15.3. The first-order valence-electron chi connectivity index (χ1n) is 21.5. The van der Waals surface area contributed by atoms with Gasteiger partial charge in [0.1, 0.15) is 0 Å². The third-order valence-electron chi connectivity index (χ3n) is 12.4. The van der Waals surface area contributed by atoms with E-state index in [9.17, 15) is 5.26 Å². The van der Waals surface area contributed by atoms with Crippen LogP contribution < -0.4 is 0 Å². The van der Waals surface area contributed by atoms with E-state index < -0.39 is 0 Å². The van der Waals surface area contributed by atoms with Crippen molar-refractivity contribution in [3.63, 3.8) is 0 Å². The molecular weight excluding hydrogens is 779 g/mol. The molecule has 0 saturated carbocycles.